The summed E-state index contributed by atoms with van der Waals surface area (Å²) in [5.41, 5.74) is 14.7. The Kier molecular flexibility index (Phi) is 12.3. The molecule has 0 radical (unpaired) electrons. The first-order valence-electron chi connectivity index (χ1n) is 21.8. The first-order chi connectivity index (χ1) is 30.7. The molecule has 1 aliphatic rings. The zero-order valence-corrected chi connectivity index (χ0v) is 36.2. The molecule has 0 unspecified atom stereocenters. The lowest BCUT2D eigenvalue weighted by atomic mass is 9.67. The Balaban J connectivity index is 0.000000485. The zero-order chi connectivity index (χ0) is 43.1. The summed E-state index contributed by atoms with van der Waals surface area (Å²) in [6.07, 6.45) is 8.00. The van der Waals surface area contributed by atoms with E-state index in [1.54, 1.807) is 0 Å². The van der Waals surface area contributed by atoms with Crippen molar-refractivity contribution in [3.63, 3.8) is 0 Å². The zero-order valence-electron chi connectivity index (χ0n) is 36.2. The highest BCUT2D eigenvalue weighted by atomic mass is 14.7. The number of hydrogen-bond acceptors (Lipinski definition) is 0. The second kappa shape index (κ2) is 18.4. The summed E-state index contributed by atoms with van der Waals surface area (Å²) in [6, 6.07) is 71.9. The summed E-state index contributed by atoms with van der Waals surface area (Å²) in [7, 11) is 0. The van der Waals surface area contributed by atoms with Gasteiger partial charge >= 0.3 is 0 Å². The molecule has 0 saturated carbocycles. The maximum absolute atomic E-state index is 3.62. The van der Waals surface area contributed by atoms with E-state index >= 15 is 0 Å². The summed E-state index contributed by atoms with van der Waals surface area (Å²) in [4.78, 5) is 3.62. The number of aromatic nitrogens is 1. The second-order valence-electron chi connectivity index (χ2n) is 15.1. The Morgan fingerprint density at radius 3 is 1.35 bits per heavy atom. The molecule has 11 rings (SSSR count). The molecule has 10 aromatic rings. The quantitative estimate of drug-likeness (QED) is 0.101. The number of para-hydroxylation sites is 1. The number of rotatable bonds is 5. The molecule has 0 aliphatic heterocycles. The highest BCUT2D eigenvalue weighted by Gasteiger charge is 2.46. The van der Waals surface area contributed by atoms with Crippen molar-refractivity contribution in [2.45, 2.75) is 33.1 Å². The van der Waals surface area contributed by atoms with E-state index in [1.165, 1.54) is 93.5 Å². The lowest BCUT2D eigenvalue weighted by Crippen LogP contribution is -2.28. The van der Waals surface area contributed by atoms with E-state index in [9.17, 15) is 0 Å². The van der Waals surface area contributed by atoms with Gasteiger partial charge in [-0.1, -0.05) is 208 Å². The van der Waals surface area contributed by atoms with E-state index in [1.807, 2.05) is 52.0 Å². The van der Waals surface area contributed by atoms with Crippen LogP contribution in [0.3, 0.4) is 0 Å². The lowest BCUT2D eigenvalue weighted by Gasteiger charge is -2.34. The van der Waals surface area contributed by atoms with Crippen LogP contribution in [0.4, 0.5) is 0 Å². The lowest BCUT2D eigenvalue weighted by molar-refractivity contribution is 0.769. The van der Waals surface area contributed by atoms with Gasteiger partial charge in [0.1, 0.15) is 0 Å². The van der Waals surface area contributed by atoms with Gasteiger partial charge in [0.05, 0.1) is 5.41 Å². The van der Waals surface area contributed by atoms with Crippen molar-refractivity contribution in [1.82, 2.24) is 4.98 Å². The van der Waals surface area contributed by atoms with E-state index in [0.717, 1.165) is 5.52 Å². The van der Waals surface area contributed by atoms with Gasteiger partial charge in [0.2, 0.25) is 0 Å². The summed E-state index contributed by atoms with van der Waals surface area (Å²) in [5, 5.41) is 7.55. The second-order valence-corrected chi connectivity index (χ2v) is 15.1. The van der Waals surface area contributed by atoms with Crippen molar-refractivity contribution >= 4 is 43.4 Å². The fraction of sp³-hybridized carbons (Fsp3) is 0.0820. The number of hydrogen-bond donors (Lipinski definition) is 1. The third-order valence-corrected chi connectivity index (χ3v) is 12.0. The van der Waals surface area contributed by atoms with Crippen LogP contribution in [-0.4, -0.2) is 4.98 Å². The molecule has 62 heavy (non-hydrogen) atoms. The highest BCUT2D eigenvalue weighted by molar-refractivity contribution is 6.22. The molecule has 0 bridgehead atoms. The molecule has 1 heterocycles. The van der Waals surface area contributed by atoms with Crippen LogP contribution in [0.5, 0.6) is 0 Å². The minimum absolute atomic E-state index is 0.454. The Labute approximate surface area is 367 Å². The molecule has 0 fully saturated rings. The van der Waals surface area contributed by atoms with Crippen LogP contribution in [-0.2, 0) is 5.41 Å². The van der Waals surface area contributed by atoms with Crippen molar-refractivity contribution in [3.05, 3.63) is 254 Å². The maximum Gasteiger partial charge on any atom is 0.0713 e. The van der Waals surface area contributed by atoms with Crippen molar-refractivity contribution in [1.29, 1.82) is 0 Å². The predicted octanol–water partition coefficient (Wildman–Crippen LogP) is 17.3. The molecule has 0 atom stereocenters. The van der Waals surface area contributed by atoms with E-state index in [-0.39, 0.29) is 0 Å². The van der Waals surface area contributed by atoms with Gasteiger partial charge in [-0.05, 0) is 115 Å². The molecule has 1 aliphatic carbocycles. The SMILES string of the molecule is C/C=C\C=C/C.C=C.CC.c1ccc(C2(c3ccccc3)c3ccccc3-c3ccc(-c4c5ccccc5c(-c5ccc6[nH]c7ccccc7c6c5)c5ccccc45)cc32)cc1. The molecule has 0 saturated heterocycles. The van der Waals surface area contributed by atoms with E-state index < -0.39 is 5.41 Å². The predicted molar refractivity (Wildman–Crippen MR) is 271 cm³/mol. The Bertz CT molecular complexity index is 3090. The van der Waals surface area contributed by atoms with Gasteiger partial charge in [-0.2, -0.15) is 0 Å². The molecule has 1 N–H and O–H groups in total. The molecular weight excluding hydrogens is 747 g/mol. The van der Waals surface area contributed by atoms with Crippen LogP contribution in [0.15, 0.2) is 232 Å². The van der Waals surface area contributed by atoms with Crippen molar-refractivity contribution < 1.29 is 0 Å². The van der Waals surface area contributed by atoms with Gasteiger partial charge in [0.25, 0.3) is 0 Å². The third-order valence-electron chi connectivity index (χ3n) is 12.0. The van der Waals surface area contributed by atoms with E-state index in [4.69, 9.17) is 0 Å². The molecule has 1 heteroatoms. The van der Waals surface area contributed by atoms with Gasteiger partial charge in [0, 0.05) is 21.8 Å². The number of allylic oxidation sites excluding steroid dienone is 4. The topological polar surface area (TPSA) is 15.8 Å². The van der Waals surface area contributed by atoms with Crippen LogP contribution in [0, 0.1) is 0 Å². The van der Waals surface area contributed by atoms with Crippen molar-refractivity contribution in [2.75, 3.05) is 0 Å². The van der Waals surface area contributed by atoms with Gasteiger partial charge in [-0.3, -0.25) is 0 Å². The standard InChI is InChI=1S/C51H33N.C6H10.C2H6.C2H4/c1-3-15-35(16-4-1)51(36-17-5-2-6-18-36)45-25-13-11-19-37(45)38-29-27-34(32-46(38)51)50-42-23-9-7-21-40(42)49(41-22-8-10-24-43(41)50)33-28-30-48-44(31-33)39-20-12-14-26-47(39)52-48;1-3-5-6-4-2;2*1-2/h1-32,52H;3-6H,1-2H3;1-2H3;1-2H2/b;5-3-,6-4-;;. The van der Waals surface area contributed by atoms with Crippen molar-refractivity contribution in [2.24, 2.45) is 0 Å². The maximum atomic E-state index is 3.62. The molecule has 302 valence electrons. The van der Waals surface area contributed by atoms with E-state index in [2.05, 4.69) is 212 Å². The normalized spacial score (nSPS) is 12.3. The molecule has 0 amide bonds. The summed E-state index contributed by atoms with van der Waals surface area (Å²) < 4.78 is 0. The number of aromatic amines is 1. The summed E-state index contributed by atoms with van der Waals surface area (Å²) in [5.74, 6) is 0. The average Bonchev–Trinajstić information content (AvgIpc) is 3.87. The molecule has 1 nitrogen and oxygen atoms in total. The monoisotopic (exact) mass is 799 g/mol. The van der Waals surface area contributed by atoms with Gasteiger partial charge in [-0.15, -0.1) is 13.2 Å². The molecular formula is C61H53N. The highest BCUT2D eigenvalue weighted by Crippen LogP contribution is 2.57. The van der Waals surface area contributed by atoms with Crippen LogP contribution in [0.2, 0.25) is 0 Å². The third kappa shape index (κ3) is 6.96. The number of nitrogens with one attached hydrogen (secondary N) is 1. The minimum atomic E-state index is -0.454. The first kappa shape index (κ1) is 41.3. The number of H-pyrrole nitrogens is 1. The van der Waals surface area contributed by atoms with Crippen LogP contribution in [0.25, 0.3) is 76.7 Å². The molecule has 1 aromatic heterocycles. The Hall–Kier alpha value is -7.48. The fourth-order valence-corrected chi connectivity index (χ4v) is 9.58. The fourth-order valence-electron chi connectivity index (χ4n) is 9.58. The molecule has 9 aromatic carbocycles. The van der Waals surface area contributed by atoms with Crippen molar-refractivity contribution in [3.8, 4) is 33.4 Å². The first-order valence-corrected chi connectivity index (χ1v) is 21.8. The Morgan fingerprint density at radius 2 is 0.806 bits per heavy atom. The Morgan fingerprint density at radius 1 is 0.387 bits per heavy atom. The largest absolute Gasteiger partial charge is 0.355 e. The van der Waals surface area contributed by atoms with Crippen LogP contribution >= 0.6 is 0 Å². The van der Waals surface area contributed by atoms with Crippen LogP contribution in [0.1, 0.15) is 49.9 Å². The molecule has 0 spiro atoms. The van der Waals surface area contributed by atoms with E-state index in [0.29, 0.717) is 0 Å². The van der Waals surface area contributed by atoms with Gasteiger partial charge < -0.3 is 4.98 Å². The van der Waals surface area contributed by atoms with Gasteiger partial charge in [0.15, 0.2) is 0 Å². The average molecular weight is 800 g/mol. The van der Waals surface area contributed by atoms with Crippen LogP contribution < -0.4 is 0 Å². The summed E-state index contributed by atoms with van der Waals surface area (Å²) in [6.45, 7) is 14.0. The number of fused-ring (bicyclic) bond motifs is 8. The van der Waals surface area contributed by atoms with Gasteiger partial charge in [-0.25, -0.2) is 0 Å². The smallest absolute Gasteiger partial charge is 0.0713 e. The number of benzene rings is 9. The summed E-state index contributed by atoms with van der Waals surface area (Å²) >= 11 is 0. The minimum Gasteiger partial charge on any atom is -0.355 e.